The minimum Gasteiger partial charge on any atom is -0.371 e. The van der Waals surface area contributed by atoms with Crippen molar-refractivity contribution >= 4 is 11.6 Å². The van der Waals surface area contributed by atoms with Crippen LogP contribution in [0.5, 0.6) is 0 Å². The van der Waals surface area contributed by atoms with Crippen LogP contribution < -0.4 is 10.2 Å². The first kappa shape index (κ1) is 18.3. The van der Waals surface area contributed by atoms with Crippen LogP contribution in [0.1, 0.15) is 34.3 Å². The van der Waals surface area contributed by atoms with E-state index in [0.717, 1.165) is 31.5 Å². The maximum atomic E-state index is 12.5. The SMILES string of the molecule is O=C(NCCCN1CCCc2ccccc21)c1cccc(Cn2cccn2)c1. The summed E-state index contributed by atoms with van der Waals surface area (Å²) in [5.41, 5.74) is 4.56. The highest BCUT2D eigenvalue weighted by molar-refractivity contribution is 5.94. The van der Waals surface area contributed by atoms with Gasteiger partial charge in [0.2, 0.25) is 0 Å². The number of aromatic nitrogens is 2. The van der Waals surface area contributed by atoms with E-state index < -0.39 is 0 Å². The van der Waals surface area contributed by atoms with Gasteiger partial charge in [0.05, 0.1) is 6.54 Å². The zero-order valence-corrected chi connectivity index (χ0v) is 16.1. The van der Waals surface area contributed by atoms with Gasteiger partial charge in [-0.3, -0.25) is 9.48 Å². The smallest absolute Gasteiger partial charge is 0.251 e. The number of para-hydroxylation sites is 1. The second-order valence-corrected chi connectivity index (χ2v) is 7.23. The van der Waals surface area contributed by atoms with Gasteiger partial charge in [-0.1, -0.05) is 30.3 Å². The maximum absolute atomic E-state index is 12.5. The molecule has 1 aliphatic heterocycles. The largest absolute Gasteiger partial charge is 0.371 e. The third kappa shape index (κ3) is 4.42. The topological polar surface area (TPSA) is 50.2 Å². The number of aryl methyl sites for hydroxylation is 1. The van der Waals surface area contributed by atoms with Crippen LogP contribution >= 0.6 is 0 Å². The Hall–Kier alpha value is -3.08. The van der Waals surface area contributed by atoms with Crippen molar-refractivity contribution in [2.75, 3.05) is 24.5 Å². The zero-order valence-electron chi connectivity index (χ0n) is 16.1. The molecule has 5 nitrogen and oxygen atoms in total. The second kappa shape index (κ2) is 8.74. The molecule has 1 amide bonds. The molecule has 1 aliphatic rings. The van der Waals surface area contributed by atoms with Gasteiger partial charge in [-0.25, -0.2) is 0 Å². The molecule has 1 aromatic heterocycles. The first-order valence-corrected chi connectivity index (χ1v) is 9.97. The lowest BCUT2D eigenvalue weighted by Gasteiger charge is -2.31. The van der Waals surface area contributed by atoms with Crippen molar-refractivity contribution in [1.82, 2.24) is 15.1 Å². The van der Waals surface area contributed by atoms with Gasteiger partial charge in [-0.15, -0.1) is 0 Å². The van der Waals surface area contributed by atoms with Crippen LogP contribution in [0.3, 0.4) is 0 Å². The van der Waals surface area contributed by atoms with E-state index in [1.54, 1.807) is 6.20 Å². The molecular formula is C23H26N4O. The van der Waals surface area contributed by atoms with Gasteiger partial charge in [0, 0.05) is 43.3 Å². The standard InChI is InChI=1S/C23H26N4O/c28-23(21-9-3-7-19(17-21)18-27-16-6-13-25-27)24-12-5-15-26-14-4-10-20-8-1-2-11-22(20)26/h1-3,6-9,11,13,16-17H,4-5,10,12,14-15,18H2,(H,24,28). The van der Waals surface area contributed by atoms with E-state index >= 15 is 0 Å². The Bertz CT molecular complexity index is 920. The summed E-state index contributed by atoms with van der Waals surface area (Å²) in [5.74, 6) is -0.0126. The molecule has 0 spiro atoms. The average Bonchev–Trinajstić information content (AvgIpc) is 3.24. The van der Waals surface area contributed by atoms with Crippen molar-refractivity contribution < 1.29 is 4.79 Å². The van der Waals surface area contributed by atoms with E-state index in [4.69, 9.17) is 0 Å². The number of rotatable bonds is 7. The number of carbonyl (C=O) groups is 1. The van der Waals surface area contributed by atoms with Gasteiger partial charge in [0.1, 0.15) is 0 Å². The molecule has 0 radical (unpaired) electrons. The Balaban J connectivity index is 1.27. The summed E-state index contributed by atoms with van der Waals surface area (Å²) in [6.07, 6.45) is 6.99. The molecule has 0 bridgehead atoms. The Morgan fingerprint density at radius 2 is 2.04 bits per heavy atom. The molecule has 0 unspecified atom stereocenters. The molecule has 5 heteroatoms. The fourth-order valence-electron chi connectivity index (χ4n) is 3.81. The number of hydrogen-bond donors (Lipinski definition) is 1. The molecule has 2 heterocycles. The second-order valence-electron chi connectivity index (χ2n) is 7.23. The van der Waals surface area contributed by atoms with Gasteiger partial charge in [-0.2, -0.15) is 5.10 Å². The molecule has 0 atom stereocenters. The quantitative estimate of drug-likeness (QED) is 0.644. The van der Waals surface area contributed by atoms with E-state index in [1.807, 2.05) is 41.2 Å². The predicted molar refractivity (Wildman–Crippen MR) is 112 cm³/mol. The van der Waals surface area contributed by atoms with Gasteiger partial charge < -0.3 is 10.2 Å². The van der Waals surface area contributed by atoms with Crippen LogP contribution in [0, 0.1) is 0 Å². The molecule has 0 saturated heterocycles. The summed E-state index contributed by atoms with van der Waals surface area (Å²) in [5, 5.41) is 7.28. The number of hydrogen-bond acceptors (Lipinski definition) is 3. The van der Waals surface area contributed by atoms with Crippen molar-refractivity contribution in [3.8, 4) is 0 Å². The number of fused-ring (bicyclic) bond motifs is 1. The van der Waals surface area contributed by atoms with Crippen LogP contribution in [-0.2, 0) is 13.0 Å². The number of amides is 1. The van der Waals surface area contributed by atoms with Gasteiger partial charge in [0.25, 0.3) is 5.91 Å². The lowest BCUT2D eigenvalue weighted by molar-refractivity contribution is 0.0953. The lowest BCUT2D eigenvalue weighted by atomic mass is 10.0. The van der Waals surface area contributed by atoms with Crippen molar-refractivity contribution in [2.45, 2.75) is 25.8 Å². The third-order valence-electron chi connectivity index (χ3n) is 5.19. The number of anilines is 1. The summed E-state index contributed by atoms with van der Waals surface area (Å²) in [6.45, 7) is 3.42. The van der Waals surface area contributed by atoms with Crippen LogP contribution in [0.2, 0.25) is 0 Å². The Morgan fingerprint density at radius 3 is 2.93 bits per heavy atom. The van der Waals surface area contributed by atoms with Crippen molar-refractivity contribution in [2.24, 2.45) is 0 Å². The summed E-state index contributed by atoms with van der Waals surface area (Å²) in [7, 11) is 0. The first-order chi connectivity index (χ1) is 13.8. The van der Waals surface area contributed by atoms with Crippen LogP contribution in [0.4, 0.5) is 5.69 Å². The Morgan fingerprint density at radius 1 is 1.11 bits per heavy atom. The third-order valence-corrected chi connectivity index (χ3v) is 5.19. The lowest BCUT2D eigenvalue weighted by Crippen LogP contribution is -2.33. The average molecular weight is 374 g/mol. The Labute approximate surface area is 166 Å². The number of nitrogens with one attached hydrogen (secondary N) is 1. The van der Waals surface area contributed by atoms with Crippen LogP contribution in [-0.4, -0.2) is 35.3 Å². The summed E-state index contributed by atoms with van der Waals surface area (Å²) in [6, 6.07) is 18.3. The zero-order chi connectivity index (χ0) is 19.2. The van der Waals surface area contributed by atoms with Crippen molar-refractivity contribution in [3.63, 3.8) is 0 Å². The van der Waals surface area contributed by atoms with Gasteiger partial charge in [0.15, 0.2) is 0 Å². The highest BCUT2D eigenvalue weighted by atomic mass is 16.1. The predicted octanol–water partition coefficient (Wildman–Crippen LogP) is 3.50. The summed E-state index contributed by atoms with van der Waals surface area (Å²) >= 11 is 0. The first-order valence-electron chi connectivity index (χ1n) is 9.97. The van der Waals surface area contributed by atoms with Crippen molar-refractivity contribution in [1.29, 1.82) is 0 Å². The van der Waals surface area contributed by atoms with E-state index in [0.29, 0.717) is 18.7 Å². The van der Waals surface area contributed by atoms with E-state index in [-0.39, 0.29) is 5.91 Å². The molecule has 0 aliphatic carbocycles. The number of benzene rings is 2. The normalized spacial score (nSPS) is 13.2. The molecule has 1 N–H and O–H groups in total. The van der Waals surface area contributed by atoms with Gasteiger partial charge >= 0.3 is 0 Å². The Kier molecular flexibility index (Phi) is 5.71. The molecule has 0 fully saturated rings. The van der Waals surface area contributed by atoms with E-state index in [9.17, 15) is 4.79 Å². The molecule has 4 rings (SSSR count). The molecular weight excluding hydrogens is 348 g/mol. The van der Waals surface area contributed by atoms with E-state index in [1.165, 1.54) is 17.7 Å². The highest BCUT2D eigenvalue weighted by Crippen LogP contribution is 2.26. The van der Waals surface area contributed by atoms with E-state index in [2.05, 4.69) is 39.6 Å². The monoisotopic (exact) mass is 374 g/mol. The summed E-state index contributed by atoms with van der Waals surface area (Å²) < 4.78 is 1.85. The fraction of sp³-hybridized carbons (Fsp3) is 0.304. The molecule has 144 valence electrons. The van der Waals surface area contributed by atoms with Crippen molar-refractivity contribution in [3.05, 3.63) is 83.7 Å². The maximum Gasteiger partial charge on any atom is 0.251 e. The summed E-state index contributed by atoms with van der Waals surface area (Å²) in [4.78, 5) is 14.9. The minimum atomic E-state index is -0.0126. The molecule has 28 heavy (non-hydrogen) atoms. The fourth-order valence-corrected chi connectivity index (χ4v) is 3.81. The number of carbonyl (C=O) groups excluding carboxylic acids is 1. The molecule has 3 aromatic rings. The van der Waals surface area contributed by atoms with Gasteiger partial charge in [-0.05, 0) is 54.7 Å². The van der Waals surface area contributed by atoms with Crippen LogP contribution in [0.25, 0.3) is 0 Å². The number of nitrogens with zero attached hydrogens (tertiary/aromatic N) is 3. The molecule has 2 aromatic carbocycles. The van der Waals surface area contributed by atoms with Crippen LogP contribution in [0.15, 0.2) is 67.0 Å². The minimum absolute atomic E-state index is 0.0126. The molecule has 0 saturated carbocycles. The highest BCUT2D eigenvalue weighted by Gasteiger charge is 2.15.